The monoisotopic (exact) mass is 358 g/mol. The van der Waals surface area contributed by atoms with E-state index in [0.717, 1.165) is 23.4 Å². The van der Waals surface area contributed by atoms with Gasteiger partial charge in [0.25, 0.3) is 0 Å². The molecule has 0 N–H and O–H groups in total. The lowest BCUT2D eigenvalue weighted by atomic mass is 10.0. The van der Waals surface area contributed by atoms with Gasteiger partial charge in [-0.1, -0.05) is 11.6 Å². The predicted octanol–water partition coefficient (Wildman–Crippen LogP) is 4.83. The highest BCUT2D eigenvalue weighted by Crippen LogP contribution is 2.24. The average molecular weight is 359 g/mol. The number of nitrogens with zero attached hydrogens (tertiary/aromatic N) is 2. The van der Waals surface area contributed by atoms with Crippen LogP contribution in [-0.4, -0.2) is 37.2 Å². The van der Waals surface area contributed by atoms with Gasteiger partial charge in [0.15, 0.2) is 12.4 Å². The van der Waals surface area contributed by atoms with Crippen molar-refractivity contribution in [2.45, 2.75) is 20.8 Å². The minimum absolute atomic E-state index is 0.0108. The Bertz CT molecular complexity index is 770. The van der Waals surface area contributed by atoms with Gasteiger partial charge in [0, 0.05) is 24.2 Å². The van der Waals surface area contributed by atoms with Crippen molar-refractivity contribution in [3.63, 3.8) is 0 Å². The minimum Gasteiger partial charge on any atom is -0.485 e. The third-order valence-electron chi connectivity index (χ3n) is 3.92. The molecule has 0 saturated heterocycles. The number of halogens is 1. The zero-order valence-corrected chi connectivity index (χ0v) is 15.8. The SMILES string of the molecule is CCN(C)C=Nc1cc(C)c(C(=O)COc2ccc(Cl)cc2)cc1C. The van der Waals surface area contributed by atoms with Crippen molar-refractivity contribution in [3.8, 4) is 5.75 Å². The topological polar surface area (TPSA) is 41.9 Å². The second-order valence-electron chi connectivity index (χ2n) is 5.94. The second kappa shape index (κ2) is 8.67. The molecule has 0 bridgehead atoms. The quantitative estimate of drug-likeness (QED) is 0.404. The van der Waals surface area contributed by atoms with E-state index in [0.29, 0.717) is 16.3 Å². The average Bonchev–Trinajstić information content (AvgIpc) is 2.61. The number of aliphatic imine (C=N–C) groups is 1. The highest BCUT2D eigenvalue weighted by atomic mass is 35.5. The number of Topliss-reactive ketones (excluding diaryl/α,β-unsaturated/α-hetero) is 1. The van der Waals surface area contributed by atoms with Crippen molar-refractivity contribution < 1.29 is 9.53 Å². The summed E-state index contributed by atoms with van der Waals surface area (Å²) in [5.41, 5.74) is 3.38. The maximum atomic E-state index is 12.5. The van der Waals surface area contributed by atoms with Crippen LogP contribution in [0.25, 0.3) is 0 Å². The van der Waals surface area contributed by atoms with Gasteiger partial charge in [-0.25, -0.2) is 4.99 Å². The lowest BCUT2D eigenvalue weighted by Crippen LogP contribution is -2.14. The van der Waals surface area contributed by atoms with Gasteiger partial charge < -0.3 is 9.64 Å². The molecule has 0 heterocycles. The summed E-state index contributed by atoms with van der Waals surface area (Å²) in [5, 5.41) is 0.634. The van der Waals surface area contributed by atoms with Crippen LogP contribution in [0.4, 0.5) is 5.69 Å². The van der Waals surface area contributed by atoms with Crippen LogP contribution in [0.1, 0.15) is 28.4 Å². The summed E-state index contributed by atoms with van der Waals surface area (Å²) in [5.74, 6) is 0.563. The van der Waals surface area contributed by atoms with E-state index in [1.807, 2.05) is 37.9 Å². The van der Waals surface area contributed by atoms with Gasteiger partial charge in [-0.05, 0) is 68.3 Å². The number of aryl methyl sites for hydroxylation is 2. The van der Waals surface area contributed by atoms with E-state index < -0.39 is 0 Å². The van der Waals surface area contributed by atoms with Crippen molar-refractivity contribution in [1.82, 2.24) is 4.90 Å². The third-order valence-corrected chi connectivity index (χ3v) is 4.17. The van der Waals surface area contributed by atoms with E-state index in [1.54, 1.807) is 30.6 Å². The van der Waals surface area contributed by atoms with Crippen LogP contribution in [0.2, 0.25) is 5.02 Å². The molecule has 0 amide bonds. The number of carbonyl (C=O) groups is 1. The smallest absolute Gasteiger partial charge is 0.200 e. The number of ketones is 1. The molecule has 4 nitrogen and oxygen atoms in total. The fraction of sp³-hybridized carbons (Fsp3) is 0.300. The van der Waals surface area contributed by atoms with Crippen LogP contribution in [0, 0.1) is 13.8 Å². The molecule has 0 radical (unpaired) electrons. The molecule has 2 aromatic carbocycles. The molecule has 0 atom stereocenters. The number of hydrogen-bond acceptors (Lipinski definition) is 3. The first-order valence-electron chi connectivity index (χ1n) is 8.18. The van der Waals surface area contributed by atoms with Crippen LogP contribution in [0.5, 0.6) is 5.75 Å². The van der Waals surface area contributed by atoms with Gasteiger partial charge in [-0.3, -0.25) is 4.79 Å². The molecule has 25 heavy (non-hydrogen) atoms. The molecule has 2 aromatic rings. The molecule has 0 saturated carbocycles. The summed E-state index contributed by atoms with van der Waals surface area (Å²) >= 11 is 5.84. The van der Waals surface area contributed by atoms with E-state index in [-0.39, 0.29) is 12.4 Å². The normalized spacial score (nSPS) is 10.9. The van der Waals surface area contributed by atoms with Crippen LogP contribution in [-0.2, 0) is 0 Å². The summed E-state index contributed by atoms with van der Waals surface area (Å²) in [6.07, 6.45) is 1.80. The maximum Gasteiger partial charge on any atom is 0.200 e. The summed E-state index contributed by atoms with van der Waals surface area (Å²) in [6, 6.07) is 10.8. The Morgan fingerprint density at radius 3 is 2.52 bits per heavy atom. The standard InChI is InChI=1S/C20H23ClN2O2/c1-5-23(4)13-22-19-11-14(2)18(10-15(19)3)20(24)12-25-17-8-6-16(21)7-9-17/h6-11,13H,5,12H2,1-4H3. The summed E-state index contributed by atoms with van der Waals surface area (Å²) in [4.78, 5) is 19.0. The Balaban J connectivity index is 2.10. The van der Waals surface area contributed by atoms with Gasteiger partial charge in [0.1, 0.15) is 5.75 Å². The molecule has 5 heteroatoms. The molecule has 0 aliphatic carbocycles. The number of hydrogen-bond donors (Lipinski definition) is 0. The Morgan fingerprint density at radius 1 is 1.20 bits per heavy atom. The molecule has 0 aliphatic heterocycles. The molecule has 132 valence electrons. The number of carbonyl (C=O) groups excluding carboxylic acids is 1. The predicted molar refractivity (Wildman–Crippen MR) is 104 cm³/mol. The van der Waals surface area contributed by atoms with Crippen molar-refractivity contribution in [2.24, 2.45) is 4.99 Å². The van der Waals surface area contributed by atoms with Crippen molar-refractivity contribution >= 4 is 29.4 Å². The second-order valence-corrected chi connectivity index (χ2v) is 6.37. The molecule has 0 spiro atoms. The van der Waals surface area contributed by atoms with Crippen molar-refractivity contribution in [3.05, 3.63) is 58.1 Å². The minimum atomic E-state index is -0.0586. The van der Waals surface area contributed by atoms with E-state index >= 15 is 0 Å². The molecule has 0 aliphatic rings. The van der Waals surface area contributed by atoms with Crippen molar-refractivity contribution in [1.29, 1.82) is 0 Å². The first-order chi connectivity index (χ1) is 11.9. The van der Waals surface area contributed by atoms with Crippen LogP contribution in [0.15, 0.2) is 41.4 Å². The fourth-order valence-corrected chi connectivity index (χ4v) is 2.37. The van der Waals surface area contributed by atoms with Gasteiger partial charge >= 0.3 is 0 Å². The number of ether oxygens (including phenoxy) is 1. The Kier molecular flexibility index (Phi) is 6.59. The van der Waals surface area contributed by atoms with Gasteiger partial charge in [-0.15, -0.1) is 0 Å². The van der Waals surface area contributed by atoms with E-state index in [1.165, 1.54) is 0 Å². The summed E-state index contributed by atoms with van der Waals surface area (Å²) in [7, 11) is 1.97. The molecule has 0 aromatic heterocycles. The van der Waals surface area contributed by atoms with E-state index in [2.05, 4.69) is 11.9 Å². The lowest BCUT2D eigenvalue weighted by molar-refractivity contribution is 0.0921. The maximum absolute atomic E-state index is 12.5. The molecular formula is C20H23ClN2O2. The number of benzene rings is 2. The van der Waals surface area contributed by atoms with Gasteiger partial charge in [0.05, 0.1) is 12.0 Å². The third kappa shape index (κ3) is 5.33. The highest BCUT2D eigenvalue weighted by Gasteiger charge is 2.12. The van der Waals surface area contributed by atoms with Crippen LogP contribution >= 0.6 is 11.6 Å². The molecule has 0 unspecified atom stereocenters. The number of rotatable bonds is 7. The van der Waals surface area contributed by atoms with Crippen molar-refractivity contribution in [2.75, 3.05) is 20.2 Å². The first-order valence-corrected chi connectivity index (χ1v) is 8.55. The molecule has 0 fully saturated rings. The Hall–Kier alpha value is -2.33. The van der Waals surface area contributed by atoms with Gasteiger partial charge in [-0.2, -0.15) is 0 Å². The largest absolute Gasteiger partial charge is 0.485 e. The molecule has 2 rings (SSSR count). The summed E-state index contributed by atoms with van der Waals surface area (Å²) < 4.78 is 5.55. The Labute approximate surface area is 154 Å². The Morgan fingerprint density at radius 2 is 1.88 bits per heavy atom. The van der Waals surface area contributed by atoms with Crippen LogP contribution in [0.3, 0.4) is 0 Å². The first kappa shape index (κ1) is 19.0. The zero-order valence-electron chi connectivity index (χ0n) is 15.0. The highest BCUT2D eigenvalue weighted by molar-refractivity contribution is 6.30. The van der Waals surface area contributed by atoms with E-state index in [9.17, 15) is 4.79 Å². The molecular weight excluding hydrogens is 336 g/mol. The van der Waals surface area contributed by atoms with Crippen LogP contribution < -0.4 is 4.74 Å². The van der Waals surface area contributed by atoms with E-state index in [4.69, 9.17) is 16.3 Å². The lowest BCUT2D eigenvalue weighted by Gasteiger charge is -2.12. The summed E-state index contributed by atoms with van der Waals surface area (Å²) in [6.45, 7) is 6.81. The zero-order chi connectivity index (χ0) is 18.4. The van der Waals surface area contributed by atoms with Gasteiger partial charge in [0.2, 0.25) is 0 Å². The fourth-order valence-electron chi connectivity index (χ4n) is 2.24.